The Morgan fingerprint density at radius 2 is 2.10 bits per heavy atom. The van der Waals surface area contributed by atoms with Crippen LogP contribution in [0, 0.1) is 18.8 Å². The highest BCUT2D eigenvalue weighted by Crippen LogP contribution is 2.17. The number of benzene rings is 2. The number of amides is 1. The molecule has 4 heteroatoms. The molecule has 0 aliphatic heterocycles. The summed E-state index contributed by atoms with van der Waals surface area (Å²) in [6.45, 7) is 2.24. The molecule has 0 saturated heterocycles. The topological polar surface area (TPSA) is 75.3 Å². The minimum absolute atomic E-state index is 0.0613. The van der Waals surface area contributed by atoms with Crippen molar-refractivity contribution in [2.75, 3.05) is 11.9 Å². The minimum Gasteiger partial charge on any atom is -0.508 e. The van der Waals surface area contributed by atoms with E-state index >= 15 is 0 Å². The number of hydrogen-bond donors (Lipinski definition) is 3. The van der Waals surface area contributed by atoms with Crippen LogP contribution in [-0.2, 0) is 0 Å². The molecule has 4 N–H and O–H groups in total. The Labute approximate surface area is 123 Å². The lowest BCUT2D eigenvalue weighted by molar-refractivity contribution is 0.102. The van der Waals surface area contributed by atoms with Crippen LogP contribution in [-0.4, -0.2) is 17.6 Å². The van der Waals surface area contributed by atoms with Gasteiger partial charge in [-0.25, -0.2) is 0 Å². The first-order valence-electron chi connectivity index (χ1n) is 6.50. The van der Waals surface area contributed by atoms with Crippen molar-refractivity contribution in [1.82, 2.24) is 0 Å². The highest BCUT2D eigenvalue weighted by Gasteiger charge is 2.07. The molecular weight excluding hydrogens is 264 g/mol. The van der Waals surface area contributed by atoms with Crippen molar-refractivity contribution in [1.29, 1.82) is 0 Å². The zero-order chi connectivity index (χ0) is 15.2. The summed E-state index contributed by atoms with van der Waals surface area (Å²) in [5, 5.41) is 12.2. The van der Waals surface area contributed by atoms with Crippen LogP contribution in [0.2, 0.25) is 0 Å². The molecule has 0 atom stereocenters. The smallest absolute Gasteiger partial charge is 0.255 e. The fourth-order valence-electron chi connectivity index (χ4n) is 1.88. The molecule has 2 aromatic rings. The average Bonchev–Trinajstić information content (AvgIpc) is 2.46. The van der Waals surface area contributed by atoms with E-state index in [9.17, 15) is 9.90 Å². The van der Waals surface area contributed by atoms with Gasteiger partial charge in [0.2, 0.25) is 0 Å². The first kappa shape index (κ1) is 14.6. The average molecular weight is 280 g/mol. The second kappa shape index (κ2) is 6.60. The molecule has 21 heavy (non-hydrogen) atoms. The van der Waals surface area contributed by atoms with Gasteiger partial charge in [0.1, 0.15) is 5.75 Å². The molecule has 0 fully saturated rings. The van der Waals surface area contributed by atoms with Gasteiger partial charge >= 0.3 is 0 Å². The number of carbonyl (C=O) groups excluding carboxylic acids is 1. The Morgan fingerprint density at radius 3 is 2.76 bits per heavy atom. The molecule has 2 rings (SSSR count). The van der Waals surface area contributed by atoms with Crippen LogP contribution in [0.4, 0.5) is 5.69 Å². The Kier molecular flexibility index (Phi) is 4.60. The van der Waals surface area contributed by atoms with E-state index in [4.69, 9.17) is 5.73 Å². The lowest BCUT2D eigenvalue weighted by Crippen LogP contribution is -2.11. The molecule has 106 valence electrons. The molecule has 0 aliphatic carbocycles. The second-order valence-corrected chi connectivity index (χ2v) is 4.54. The van der Waals surface area contributed by atoms with E-state index in [2.05, 4.69) is 17.2 Å². The number of carbonyl (C=O) groups is 1. The van der Waals surface area contributed by atoms with Crippen LogP contribution >= 0.6 is 0 Å². The Bertz CT molecular complexity index is 727. The summed E-state index contributed by atoms with van der Waals surface area (Å²) < 4.78 is 0. The van der Waals surface area contributed by atoms with Crippen LogP contribution in [0.3, 0.4) is 0 Å². The minimum atomic E-state index is -0.272. The first-order valence-corrected chi connectivity index (χ1v) is 6.50. The predicted octanol–water partition coefficient (Wildman–Crippen LogP) is 2.26. The number of hydrogen-bond acceptors (Lipinski definition) is 3. The quantitative estimate of drug-likeness (QED) is 0.739. The van der Waals surface area contributed by atoms with Crippen molar-refractivity contribution >= 4 is 11.6 Å². The number of phenolic OH excluding ortho intramolecular Hbond substituents is 1. The molecule has 0 aromatic heterocycles. The highest BCUT2D eigenvalue weighted by atomic mass is 16.3. The van der Waals surface area contributed by atoms with E-state index in [-0.39, 0.29) is 11.7 Å². The van der Waals surface area contributed by atoms with Crippen molar-refractivity contribution < 1.29 is 9.90 Å². The van der Waals surface area contributed by atoms with Gasteiger partial charge in [-0.15, -0.1) is 0 Å². The van der Waals surface area contributed by atoms with Crippen LogP contribution in [0.5, 0.6) is 5.75 Å². The molecule has 1 amide bonds. The van der Waals surface area contributed by atoms with Gasteiger partial charge in [0, 0.05) is 16.8 Å². The maximum absolute atomic E-state index is 12.1. The second-order valence-electron chi connectivity index (χ2n) is 4.54. The van der Waals surface area contributed by atoms with Crippen LogP contribution in [0.1, 0.15) is 21.5 Å². The van der Waals surface area contributed by atoms with Crippen molar-refractivity contribution in [3.63, 3.8) is 0 Å². The summed E-state index contributed by atoms with van der Waals surface area (Å²) in [6.07, 6.45) is 0. The highest BCUT2D eigenvalue weighted by molar-refractivity contribution is 6.04. The number of aryl methyl sites for hydroxylation is 1. The number of phenols is 1. The molecule has 2 aromatic carbocycles. The van der Waals surface area contributed by atoms with Crippen LogP contribution < -0.4 is 11.1 Å². The lowest BCUT2D eigenvalue weighted by Gasteiger charge is -2.07. The molecule has 0 heterocycles. The number of nitrogens with two attached hydrogens (primary N) is 1. The molecular formula is C17H16N2O2. The lowest BCUT2D eigenvalue weighted by atomic mass is 10.1. The zero-order valence-corrected chi connectivity index (χ0v) is 11.7. The standard InChI is InChI=1S/C17H16N2O2/c1-12-10-15(8-7-13(12)5-3-9-18)19-17(21)14-4-2-6-16(20)11-14/h2,4,6-8,10-11,20H,9,18H2,1H3,(H,19,21). The summed E-state index contributed by atoms with van der Waals surface area (Å²) in [7, 11) is 0. The fourth-order valence-corrected chi connectivity index (χ4v) is 1.88. The normalized spacial score (nSPS) is 9.62. The SMILES string of the molecule is Cc1cc(NC(=O)c2cccc(O)c2)ccc1C#CCN. The van der Waals surface area contributed by atoms with Crippen LogP contribution in [0.25, 0.3) is 0 Å². The molecule has 0 bridgehead atoms. The summed E-state index contributed by atoms with van der Waals surface area (Å²) in [5.41, 5.74) is 8.28. The largest absolute Gasteiger partial charge is 0.508 e. The number of aromatic hydroxyl groups is 1. The van der Waals surface area contributed by atoms with Gasteiger partial charge in [0.15, 0.2) is 0 Å². The zero-order valence-electron chi connectivity index (χ0n) is 11.7. The number of rotatable bonds is 2. The van der Waals surface area contributed by atoms with Crippen molar-refractivity contribution in [3.05, 3.63) is 59.2 Å². The molecule has 0 saturated carbocycles. The first-order chi connectivity index (χ1) is 10.1. The van der Waals surface area contributed by atoms with Crippen molar-refractivity contribution in [2.45, 2.75) is 6.92 Å². The molecule has 0 unspecified atom stereocenters. The van der Waals surface area contributed by atoms with Crippen LogP contribution in [0.15, 0.2) is 42.5 Å². The Balaban J connectivity index is 2.17. The van der Waals surface area contributed by atoms with Gasteiger partial charge < -0.3 is 16.2 Å². The third kappa shape index (κ3) is 3.85. The van der Waals surface area contributed by atoms with E-state index < -0.39 is 0 Å². The van der Waals surface area contributed by atoms with Crippen molar-refractivity contribution in [3.8, 4) is 17.6 Å². The van der Waals surface area contributed by atoms with Gasteiger partial charge in [-0.2, -0.15) is 0 Å². The fraction of sp³-hybridized carbons (Fsp3) is 0.118. The van der Waals surface area contributed by atoms with Gasteiger partial charge in [0.25, 0.3) is 5.91 Å². The summed E-state index contributed by atoms with van der Waals surface area (Å²) in [6, 6.07) is 11.7. The monoisotopic (exact) mass is 280 g/mol. The molecule has 0 aliphatic rings. The van der Waals surface area contributed by atoms with Gasteiger partial charge in [-0.1, -0.05) is 17.9 Å². The maximum atomic E-state index is 12.1. The van der Waals surface area contributed by atoms with E-state index in [0.29, 0.717) is 17.8 Å². The maximum Gasteiger partial charge on any atom is 0.255 e. The molecule has 0 radical (unpaired) electrons. The number of anilines is 1. The van der Waals surface area contributed by atoms with Crippen molar-refractivity contribution in [2.24, 2.45) is 5.73 Å². The third-order valence-corrected chi connectivity index (χ3v) is 2.92. The summed E-state index contributed by atoms with van der Waals surface area (Å²) in [5.74, 6) is 5.56. The Hall–Kier alpha value is -2.77. The third-order valence-electron chi connectivity index (χ3n) is 2.92. The number of nitrogens with one attached hydrogen (secondary N) is 1. The van der Waals surface area contributed by atoms with E-state index in [0.717, 1.165) is 11.1 Å². The van der Waals surface area contributed by atoms with E-state index in [1.807, 2.05) is 19.1 Å². The van der Waals surface area contributed by atoms with Gasteiger partial charge in [-0.05, 0) is 48.9 Å². The summed E-state index contributed by atoms with van der Waals surface area (Å²) in [4.78, 5) is 12.1. The van der Waals surface area contributed by atoms with Gasteiger partial charge in [0.05, 0.1) is 6.54 Å². The summed E-state index contributed by atoms with van der Waals surface area (Å²) >= 11 is 0. The molecule has 0 spiro atoms. The van der Waals surface area contributed by atoms with E-state index in [1.54, 1.807) is 18.2 Å². The Morgan fingerprint density at radius 1 is 1.29 bits per heavy atom. The van der Waals surface area contributed by atoms with E-state index in [1.165, 1.54) is 12.1 Å². The van der Waals surface area contributed by atoms with Gasteiger partial charge in [-0.3, -0.25) is 4.79 Å². The molecule has 4 nitrogen and oxygen atoms in total. The predicted molar refractivity (Wildman–Crippen MR) is 83.2 cm³/mol.